The fraction of sp³-hybridized carbons (Fsp3) is 0.455. The van der Waals surface area contributed by atoms with Crippen molar-refractivity contribution in [2.45, 2.75) is 24.2 Å². The Bertz CT molecular complexity index is 412. The zero-order chi connectivity index (χ0) is 12.0. The quantitative estimate of drug-likeness (QED) is 0.869. The van der Waals surface area contributed by atoms with Gasteiger partial charge in [0.05, 0.1) is 10.0 Å². The van der Waals surface area contributed by atoms with Crippen molar-refractivity contribution in [3.05, 3.63) is 33.8 Å². The summed E-state index contributed by atoms with van der Waals surface area (Å²) >= 11 is 11.6. The van der Waals surface area contributed by atoms with Crippen LogP contribution >= 0.6 is 23.2 Å². The number of hydrogen-bond acceptors (Lipinski definition) is 1. The van der Waals surface area contributed by atoms with Gasteiger partial charge in [0.25, 0.3) is 0 Å². The van der Waals surface area contributed by atoms with Gasteiger partial charge in [-0.1, -0.05) is 29.3 Å². The molecule has 0 amide bonds. The minimum Gasteiger partial charge on any atom is -0.330 e. The smallest absolute Gasteiger partial charge is 0.250 e. The molecular weight excluding hydrogens is 255 g/mol. The summed E-state index contributed by atoms with van der Waals surface area (Å²) in [5, 5.41) is 0.797. The van der Waals surface area contributed by atoms with Crippen molar-refractivity contribution in [2.75, 3.05) is 6.54 Å². The average molecular weight is 266 g/mol. The maximum Gasteiger partial charge on any atom is 0.250 e. The second-order valence-corrected chi connectivity index (χ2v) is 5.14. The van der Waals surface area contributed by atoms with Gasteiger partial charge in [0.15, 0.2) is 0 Å². The lowest BCUT2D eigenvalue weighted by Gasteiger charge is -2.47. The highest BCUT2D eigenvalue weighted by atomic mass is 35.5. The number of rotatable bonds is 2. The van der Waals surface area contributed by atoms with E-state index in [0.717, 1.165) is 5.56 Å². The molecule has 1 aromatic rings. The Morgan fingerprint density at radius 1 is 1.19 bits per heavy atom. The normalized spacial score (nSPS) is 21.6. The molecule has 1 nitrogen and oxygen atoms in total. The maximum absolute atomic E-state index is 13.0. The largest absolute Gasteiger partial charge is 0.330 e. The molecule has 0 spiro atoms. The van der Waals surface area contributed by atoms with E-state index in [2.05, 4.69) is 0 Å². The van der Waals surface area contributed by atoms with E-state index in [1.54, 1.807) is 18.2 Å². The monoisotopic (exact) mass is 265 g/mol. The van der Waals surface area contributed by atoms with E-state index in [1.165, 1.54) is 0 Å². The molecule has 0 atom stereocenters. The Hall–Kier alpha value is -0.380. The van der Waals surface area contributed by atoms with Gasteiger partial charge in [-0.05, 0) is 17.7 Å². The molecule has 0 heterocycles. The average Bonchev–Trinajstić information content (AvgIpc) is 2.18. The number of nitrogens with two attached hydrogens (primary N) is 1. The van der Waals surface area contributed by atoms with Crippen molar-refractivity contribution >= 4 is 23.2 Å². The maximum atomic E-state index is 13.0. The number of halogens is 4. The third-order valence-corrected chi connectivity index (χ3v) is 3.86. The first-order valence-corrected chi connectivity index (χ1v) is 5.68. The minimum atomic E-state index is -2.61. The molecule has 2 N–H and O–H groups in total. The minimum absolute atomic E-state index is 0.195. The van der Waals surface area contributed by atoms with E-state index in [0.29, 0.717) is 10.0 Å². The van der Waals surface area contributed by atoms with E-state index in [4.69, 9.17) is 28.9 Å². The first kappa shape index (κ1) is 12.1. The number of benzene rings is 1. The molecular formula is C11H11Cl2F2N. The molecule has 88 valence electrons. The molecule has 1 aliphatic carbocycles. The van der Waals surface area contributed by atoms with Gasteiger partial charge in [-0.2, -0.15) is 0 Å². The van der Waals surface area contributed by atoms with Gasteiger partial charge in [-0.15, -0.1) is 0 Å². The lowest BCUT2D eigenvalue weighted by atomic mass is 9.62. The first-order valence-electron chi connectivity index (χ1n) is 4.92. The van der Waals surface area contributed by atoms with Crippen LogP contribution in [-0.2, 0) is 5.41 Å². The fourth-order valence-corrected chi connectivity index (χ4v) is 2.53. The molecule has 0 unspecified atom stereocenters. The summed E-state index contributed by atoms with van der Waals surface area (Å²) in [6.45, 7) is 0.195. The van der Waals surface area contributed by atoms with E-state index >= 15 is 0 Å². The van der Waals surface area contributed by atoms with Crippen LogP contribution in [0.3, 0.4) is 0 Å². The van der Waals surface area contributed by atoms with E-state index in [9.17, 15) is 8.78 Å². The van der Waals surface area contributed by atoms with E-state index < -0.39 is 11.3 Å². The predicted octanol–water partition coefficient (Wildman–Crippen LogP) is 3.62. The standard InChI is InChI=1S/C11H11Cl2F2N/c12-8-2-1-7(3-9(8)13)10(6-16)4-11(14,15)5-10/h1-3H,4-6,16H2. The second-order valence-electron chi connectivity index (χ2n) is 4.32. The van der Waals surface area contributed by atoms with Gasteiger partial charge in [-0.25, -0.2) is 8.78 Å². The van der Waals surface area contributed by atoms with Crippen LogP contribution in [0.5, 0.6) is 0 Å². The third kappa shape index (κ3) is 1.92. The Balaban J connectivity index is 2.32. The topological polar surface area (TPSA) is 26.0 Å². The molecule has 1 saturated carbocycles. The van der Waals surface area contributed by atoms with Crippen molar-refractivity contribution in [1.82, 2.24) is 0 Å². The van der Waals surface area contributed by atoms with Crippen LogP contribution in [0.2, 0.25) is 10.0 Å². The number of hydrogen-bond donors (Lipinski definition) is 1. The van der Waals surface area contributed by atoms with Gasteiger partial charge < -0.3 is 5.73 Å². The Morgan fingerprint density at radius 3 is 2.25 bits per heavy atom. The van der Waals surface area contributed by atoms with Crippen LogP contribution in [0.4, 0.5) is 8.78 Å². The van der Waals surface area contributed by atoms with Crippen LogP contribution in [0.1, 0.15) is 18.4 Å². The predicted molar refractivity (Wildman–Crippen MR) is 61.4 cm³/mol. The summed E-state index contributed by atoms with van der Waals surface area (Å²) in [7, 11) is 0. The highest BCUT2D eigenvalue weighted by molar-refractivity contribution is 6.42. The fourth-order valence-electron chi connectivity index (χ4n) is 2.23. The molecule has 16 heavy (non-hydrogen) atoms. The molecule has 0 saturated heterocycles. The van der Waals surface area contributed by atoms with Gasteiger partial charge in [0.1, 0.15) is 0 Å². The van der Waals surface area contributed by atoms with Crippen LogP contribution in [0, 0.1) is 0 Å². The van der Waals surface area contributed by atoms with Gasteiger partial charge >= 0.3 is 0 Å². The lowest BCUT2D eigenvalue weighted by Crippen LogP contribution is -2.53. The molecule has 5 heteroatoms. The van der Waals surface area contributed by atoms with Crippen LogP contribution in [0.15, 0.2) is 18.2 Å². The van der Waals surface area contributed by atoms with Crippen molar-refractivity contribution in [3.8, 4) is 0 Å². The van der Waals surface area contributed by atoms with Crippen LogP contribution in [0.25, 0.3) is 0 Å². The SMILES string of the molecule is NCC1(c2ccc(Cl)c(Cl)c2)CC(F)(F)C1. The molecule has 1 aromatic carbocycles. The summed E-state index contributed by atoms with van der Waals surface area (Å²) in [5.41, 5.74) is 5.71. The molecule has 1 aliphatic rings. The van der Waals surface area contributed by atoms with Crippen LogP contribution < -0.4 is 5.73 Å². The summed E-state index contributed by atoms with van der Waals surface area (Å²) in [5.74, 6) is -2.61. The highest BCUT2D eigenvalue weighted by Crippen LogP contribution is 2.53. The molecule has 2 rings (SSSR count). The molecule has 0 bridgehead atoms. The second kappa shape index (κ2) is 3.83. The van der Waals surface area contributed by atoms with Crippen molar-refractivity contribution in [3.63, 3.8) is 0 Å². The van der Waals surface area contributed by atoms with E-state index in [-0.39, 0.29) is 19.4 Å². The van der Waals surface area contributed by atoms with Crippen molar-refractivity contribution in [2.24, 2.45) is 5.73 Å². The molecule has 1 fully saturated rings. The Kier molecular flexibility index (Phi) is 2.89. The Labute approximate surface area is 103 Å². The van der Waals surface area contributed by atoms with Crippen LogP contribution in [-0.4, -0.2) is 12.5 Å². The summed E-state index contributed by atoms with van der Waals surface area (Å²) in [6.07, 6.45) is -0.428. The van der Waals surface area contributed by atoms with Gasteiger partial charge in [0, 0.05) is 24.8 Å². The summed E-state index contributed by atoms with van der Waals surface area (Å²) < 4.78 is 25.9. The van der Waals surface area contributed by atoms with Crippen molar-refractivity contribution in [1.29, 1.82) is 0 Å². The first-order chi connectivity index (χ1) is 7.38. The van der Waals surface area contributed by atoms with Crippen molar-refractivity contribution < 1.29 is 8.78 Å². The molecule has 0 aliphatic heterocycles. The van der Waals surface area contributed by atoms with Gasteiger partial charge in [-0.3, -0.25) is 0 Å². The lowest BCUT2D eigenvalue weighted by molar-refractivity contribution is -0.123. The third-order valence-electron chi connectivity index (χ3n) is 3.12. The zero-order valence-corrected chi connectivity index (χ0v) is 9.95. The number of alkyl halides is 2. The summed E-state index contributed by atoms with van der Waals surface area (Å²) in [6, 6.07) is 4.97. The zero-order valence-electron chi connectivity index (χ0n) is 8.44. The Morgan fingerprint density at radius 2 is 1.81 bits per heavy atom. The summed E-state index contributed by atoms with van der Waals surface area (Å²) in [4.78, 5) is 0. The molecule has 0 radical (unpaired) electrons. The highest BCUT2D eigenvalue weighted by Gasteiger charge is 2.56. The van der Waals surface area contributed by atoms with Gasteiger partial charge in [0.2, 0.25) is 5.92 Å². The van der Waals surface area contributed by atoms with E-state index in [1.807, 2.05) is 0 Å². The molecule has 0 aromatic heterocycles.